The molecule has 1 heterocycles. The van der Waals surface area contributed by atoms with Crippen LogP contribution in [0.4, 0.5) is 5.82 Å². The van der Waals surface area contributed by atoms with Gasteiger partial charge in [-0.1, -0.05) is 30.3 Å². The molecule has 0 saturated heterocycles. The summed E-state index contributed by atoms with van der Waals surface area (Å²) in [6.07, 6.45) is 0. The van der Waals surface area contributed by atoms with Gasteiger partial charge in [-0.2, -0.15) is 0 Å². The fourth-order valence-corrected chi connectivity index (χ4v) is 2.20. The molecule has 0 spiro atoms. The summed E-state index contributed by atoms with van der Waals surface area (Å²) in [6, 6.07) is 12.7. The number of anilines is 1. The van der Waals surface area contributed by atoms with Crippen molar-refractivity contribution in [3.63, 3.8) is 0 Å². The number of nitrogens with zero attached hydrogens (tertiary/aromatic N) is 3. The number of hydrazine groups is 1. The fourth-order valence-electron chi connectivity index (χ4n) is 2.20. The highest BCUT2D eigenvalue weighted by Gasteiger charge is 2.13. The van der Waals surface area contributed by atoms with Gasteiger partial charge in [-0.15, -0.1) is 0 Å². The number of benzene rings is 1. The first-order chi connectivity index (χ1) is 10.1. The van der Waals surface area contributed by atoms with E-state index in [2.05, 4.69) is 58.4 Å². The molecule has 5 nitrogen and oxygen atoms in total. The third-order valence-corrected chi connectivity index (χ3v) is 3.35. The first kappa shape index (κ1) is 15.4. The summed E-state index contributed by atoms with van der Waals surface area (Å²) >= 11 is 0. The van der Waals surface area contributed by atoms with Crippen LogP contribution in [0.1, 0.15) is 30.9 Å². The van der Waals surface area contributed by atoms with Crippen LogP contribution >= 0.6 is 0 Å². The minimum atomic E-state index is 0.406. The molecular weight excluding hydrogens is 262 g/mol. The van der Waals surface area contributed by atoms with Gasteiger partial charge in [-0.05, 0) is 26.3 Å². The van der Waals surface area contributed by atoms with E-state index < -0.39 is 0 Å². The van der Waals surface area contributed by atoms with E-state index in [9.17, 15) is 0 Å². The lowest BCUT2D eigenvalue weighted by Gasteiger charge is -2.26. The van der Waals surface area contributed by atoms with E-state index in [1.807, 2.05) is 19.1 Å². The predicted molar refractivity (Wildman–Crippen MR) is 85.4 cm³/mol. The predicted octanol–water partition coefficient (Wildman–Crippen LogP) is 2.48. The molecule has 2 aromatic rings. The summed E-state index contributed by atoms with van der Waals surface area (Å²) in [5.74, 6) is 6.89. The molecule has 0 saturated carbocycles. The van der Waals surface area contributed by atoms with Gasteiger partial charge >= 0.3 is 0 Å². The Morgan fingerprint density at radius 1 is 1.14 bits per heavy atom. The van der Waals surface area contributed by atoms with Crippen molar-refractivity contribution in [3.8, 4) is 0 Å². The second kappa shape index (κ2) is 7.15. The molecule has 2 rings (SSSR count). The van der Waals surface area contributed by atoms with Gasteiger partial charge in [0.1, 0.15) is 11.6 Å². The van der Waals surface area contributed by atoms with Crippen LogP contribution in [0.5, 0.6) is 0 Å². The van der Waals surface area contributed by atoms with Crippen molar-refractivity contribution in [3.05, 3.63) is 53.5 Å². The van der Waals surface area contributed by atoms with E-state index in [0.29, 0.717) is 18.4 Å². The maximum atomic E-state index is 5.45. The Kier molecular flexibility index (Phi) is 5.25. The number of hydrogen-bond donors (Lipinski definition) is 2. The highest BCUT2D eigenvalue weighted by Crippen LogP contribution is 2.13. The van der Waals surface area contributed by atoms with Gasteiger partial charge in [0.25, 0.3) is 0 Å². The zero-order valence-electron chi connectivity index (χ0n) is 12.9. The highest BCUT2D eigenvalue weighted by molar-refractivity contribution is 5.33. The molecule has 0 unspecified atom stereocenters. The van der Waals surface area contributed by atoms with Crippen LogP contribution in [0.2, 0.25) is 0 Å². The largest absolute Gasteiger partial charge is 0.308 e. The molecule has 0 aliphatic heterocycles. The van der Waals surface area contributed by atoms with Gasteiger partial charge in [0.15, 0.2) is 0 Å². The van der Waals surface area contributed by atoms with E-state index >= 15 is 0 Å². The van der Waals surface area contributed by atoms with E-state index in [0.717, 1.165) is 18.1 Å². The third-order valence-electron chi connectivity index (χ3n) is 3.35. The van der Waals surface area contributed by atoms with Crippen LogP contribution in [-0.4, -0.2) is 20.9 Å². The van der Waals surface area contributed by atoms with Crippen molar-refractivity contribution in [1.82, 2.24) is 14.9 Å². The summed E-state index contributed by atoms with van der Waals surface area (Å²) in [5, 5.41) is 0. The summed E-state index contributed by atoms with van der Waals surface area (Å²) in [7, 11) is 0. The molecule has 1 aromatic carbocycles. The molecule has 0 fully saturated rings. The normalized spacial score (nSPS) is 11.1. The first-order valence-electron chi connectivity index (χ1n) is 7.17. The summed E-state index contributed by atoms with van der Waals surface area (Å²) < 4.78 is 0. The van der Waals surface area contributed by atoms with Gasteiger partial charge < -0.3 is 5.43 Å². The molecule has 1 aromatic heterocycles. The lowest BCUT2D eigenvalue weighted by atomic mass is 10.2. The lowest BCUT2D eigenvalue weighted by molar-refractivity contribution is 0.198. The van der Waals surface area contributed by atoms with Crippen molar-refractivity contribution in [2.24, 2.45) is 5.84 Å². The molecule has 3 N–H and O–H groups in total. The van der Waals surface area contributed by atoms with Crippen molar-refractivity contribution in [2.45, 2.75) is 39.9 Å². The third kappa shape index (κ3) is 4.51. The number of nitrogens with two attached hydrogens (primary N) is 1. The summed E-state index contributed by atoms with van der Waals surface area (Å²) in [6.45, 7) is 7.88. The molecule has 0 bridgehead atoms. The Labute approximate surface area is 126 Å². The quantitative estimate of drug-likeness (QED) is 0.630. The van der Waals surface area contributed by atoms with E-state index in [1.54, 1.807) is 0 Å². The first-order valence-corrected chi connectivity index (χ1v) is 7.17. The number of nitrogens with one attached hydrogen (secondary N) is 1. The molecule has 5 heteroatoms. The molecule has 0 radical (unpaired) electrons. The van der Waals surface area contributed by atoms with Gasteiger partial charge in [0, 0.05) is 24.3 Å². The maximum absolute atomic E-state index is 5.45. The Bertz CT molecular complexity index is 568. The zero-order valence-corrected chi connectivity index (χ0v) is 12.9. The SMILES string of the molecule is Cc1cc(NN)nc(CN(Cc2ccccc2)C(C)C)n1. The van der Waals surface area contributed by atoms with Gasteiger partial charge in [0.2, 0.25) is 0 Å². The van der Waals surface area contributed by atoms with Crippen molar-refractivity contribution < 1.29 is 0 Å². The van der Waals surface area contributed by atoms with Crippen LogP contribution in [0.15, 0.2) is 36.4 Å². The van der Waals surface area contributed by atoms with Crippen LogP contribution in [0, 0.1) is 6.92 Å². The molecule has 0 aliphatic carbocycles. The molecular formula is C16H23N5. The summed E-state index contributed by atoms with van der Waals surface area (Å²) in [4.78, 5) is 11.3. The minimum absolute atomic E-state index is 0.406. The zero-order chi connectivity index (χ0) is 15.2. The van der Waals surface area contributed by atoms with Crippen LogP contribution < -0.4 is 11.3 Å². The number of aromatic nitrogens is 2. The van der Waals surface area contributed by atoms with Crippen LogP contribution in [-0.2, 0) is 13.1 Å². The number of nitrogen functional groups attached to an aromatic ring is 1. The van der Waals surface area contributed by atoms with Crippen molar-refractivity contribution in [1.29, 1.82) is 0 Å². The molecule has 0 atom stereocenters. The Hall–Kier alpha value is -1.98. The Balaban J connectivity index is 2.14. The number of hydrogen-bond acceptors (Lipinski definition) is 5. The van der Waals surface area contributed by atoms with E-state index in [-0.39, 0.29) is 0 Å². The van der Waals surface area contributed by atoms with Gasteiger partial charge in [-0.25, -0.2) is 15.8 Å². The fraction of sp³-hybridized carbons (Fsp3) is 0.375. The lowest BCUT2D eigenvalue weighted by Crippen LogP contribution is -2.30. The maximum Gasteiger partial charge on any atom is 0.145 e. The molecule has 112 valence electrons. The molecule has 21 heavy (non-hydrogen) atoms. The minimum Gasteiger partial charge on any atom is -0.308 e. The van der Waals surface area contributed by atoms with Crippen molar-refractivity contribution >= 4 is 5.82 Å². The Morgan fingerprint density at radius 2 is 1.86 bits per heavy atom. The van der Waals surface area contributed by atoms with Crippen molar-refractivity contribution in [2.75, 3.05) is 5.43 Å². The van der Waals surface area contributed by atoms with Crippen LogP contribution in [0.3, 0.4) is 0 Å². The Morgan fingerprint density at radius 3 is 2.48 bits per heavy atom. The second-order valence-electron chi connectivity index (χ2n) is 5.44. The average molecular weight is 285 g/mol. The average Bonchev–Trinajstić information content (AvgIpc) is 2.47. The monoisotopic (exact) mass is 285 g/mol. The standard InChI is InChI=1S/C16H23N5/c1-12(2)21(10-14-7-5-4-6-8-14)11-16-18-13(3)9-15(19-16)20-17/h4-9,12H,10-11,17H2,1-3H3,(H,18,19,20). The van der Waals surface area contributed by atoms with E-state index in [4.69, 9.17) is 5.84 Å². The number of rotatable bonds is 6. The smallest absolute Gasteiger partial charge is 0.145 e. The van der Waals surface area contributed by atoms with Crippen LogP contribution in [0.25, 0.3) is 0 Å². The molecule has 0 aliphatic rings. The second-order valence-corrected chi connectivity index (χ2v) is 5.44. The molecule has 0 amide bonds. The topological polar surface area (TPSA) is 67.1 Å². The van der Waals surface area contributed by atoms with E-state index in [1.165, 1.54) is 5.56 Å². The number of aryl methyl sites for hydroxylation is 1. The van der Waals surface area contributed by atoms with Gasteiger partial charge in [0.05, 0.1) is 6.54 Å². The summed E-state index contributed by atoms with van der Waals surface area (Å²) in [5.41, 5.74) is 4.79. The van der Waals surface area contributed by atoms with Gasteiger partial charge in [-0.3, -0.25) is 4.90 Å². The highest BCUT2D eigenvalue weighted by atomic mass is 15.3.